The van der Waals surface area contributed by atoms with Crippen molar-refractivity contribution >= 4 is 34.1 Å². The van der Waals surface area contributed by atoms with Gasteiger partial charge in [-0.3, -0.25) is 0 Å². The number of halogens is 2. The van der Waals surface area contributed by atoms with Crippen molar-refractivity contribution in [2.75, 3.05) is 6.61 Å². The largest absolute Gasteiger partial charge is 0.504 e. The predicted octanol–water partition coefficient (Wildman–Crippen LogP) is 4.42. The van der Waals surface area contributed by atoms with Crippen LogP contribution in [0.3, 0.4) is 0 Å². The monoisotopic (exact) mass is 299 g/mol. The molecule has 0 amide bonds. The Kier molecular flexibility index (Phi) is 4.50. The maximum absolute atomic E-state index is 9.93. The van der Waals surface area contributed by atoms with Crippen LogP contribution in [-0.2, 0) is 11.3 Å². The summed E-state index contributed by atoms with van der Waals surface area (Å²) in [6, 6.07) is 5.16. The molecule has 1 heterocycles. The fourth-order valence-corrected chi connectivity index (χ4v) is 2.24. The Balaban J connectivity index is 2.32. The van der Waals surface area contributed by atoms with Crippen LogP contribution in [0, 0.1) is 5.92 Å². The summed E-state index contributed by atoms with van der Waals surface area (Å²) in [4.78, 5) is 4.35. The van der Waals surface area contributed by atoms with Crippen molar-refractivity contribution in [1.29, 1.82) is 0 Å². The minimum atomic E-state index is -0.0493. The molecule has 0 saturated heterocycles. The van der Waals surface area contributed by atoms with Gasteiger partial charge in [0.25, 0.3) is 0 Å². The molecule has 0 aliphatic carbocycles. The molecule has 2 rings (SSSR count). The van der Waals surface area contributed by atoms with Gasteiger partial charge in [0.15, 0.2) is 5.75 Å². The van der Waals surface area contributed by atoms with Gasteiger partial charge in [-0.25, -0.2) is 4.98 Å². The summed E-state index contributed by atoms with van der Waals surface area (Å²) in [6.45, 7) is 5.23. The van der Waals surface area contributed by atoms with E-state index in [4.69, 9.17) is 27.9 Å². The van der Waals surface area contributed by atoms with Crippen molar-refractivity contribution in [2.45, 2.75) is 20.5 Å². The number of benzene rings is 1. The molecule has 0 saturated carbocycles. The predicted molar refractivity (Wildman–Crippen MR) is 77.9 cm³/mol. The third kappa shape index (κ3) is 3.30. The Morgan fingerprint density at radius 2 is 2.00 bits per heavy atom. The highest BCUT2D eigenvalue weighted by atomic mass is 35.5. The van der Waals surface area contributed by atoms with Crippen molar-refractivity contribution < 1.29 is 9.84 Å². The van der Waals surface area contributed by atoms with Crippen LogP contribution in [-0.4, -0.2) is 16.7 Å². The van der Waals surface area contributed by atoms with Crippen LogP contribution in [0.1, 0.15) is 19.5 Å². The summed E-state index contributed by atoms with van der Waals surface area (Å²) < 4.78 is 5.52. The topological polar surface area (TPSA) is 42.4 Å². The molecule has 0 radical (unpaired) electrons. The molecule has 1 aromatic heterocycles. The second-order valence-electron chi connectivity index (χ2n) is 4.80. The van der Waals surface area contributed by atoms with Crippen LogP contribution in [0.25, 0.3) is 10.9 Å². The number of nitrogens with zero attached hydrogens (tertiary/aromatic N) is 1. The summed E-state index contributed by atoms with van der Waals surface area (Å²) in [5, 5.41) is 11.3. The van der Waals surface area contributed by atoms with Gasteiger partial charge < -0.3 is 9.84 Å². The first kappa shape index (κ1) is 14.4. The molecule has 0 aliphatic heterocycles. The zero-order valence-electron chi connectivity index (χ0n) is 10.8. The van der Waals surface area contributed by atoms with Crippen LogP contribution >= 0.6 is 23.2 Å². The van der Waals surface area contributed by atoms with Crippen LogP contribution < -0.4 is 0 Å². The van der Waals surface area contributed by atoms with Gasteiger partial charge >= 0.3 is 0 Å². The zero-order valence-corrected chi connectivity index (χ0v) is 12.3. The van der Waals surface area contributed by atoms with Crippen molar-refractivity contribution in [3.8, 4) is 5.75 Å². The number of ether oxygens (including phenoxy) is 1. The minimum absolute atomic E-state index is 0.0493. The van der Waals surface area contributed by atoms with Crippen molar-refractivity contribution in [3.63, 3.8) is 0 Å². The SMILES string of the molecule is CC(C)COCc1ccc2c(Cl)cc(Cl)c(O)c2n1. The standard InChI is InChI=1S/C14H15Cl2NO2/c1-8(2)6-19-7-9-3-4-10-11(15)5-12(16)14(18)13(10)17-9/h3-5,8,18H,6-7H2,1-2H3. The normalized spacial score (nSPS) is 11.4. The van der Waals surface area contributed by atoms with Gasteiger partial charge in [-0.15, -0.1) is 0 Å². The van der Waals surface area contributed by atoms with Crippen LogP contribution in [0.4, 0.5) is 0 Å². The van der Waals surface area contributed by atoms with E-state index in [2.05, 4.69) is 18.8 Å². The smallest absolute Gasteiger partial charge is 0.160 e. The highest BCUT2D eigenvalue weighted by Crippen LogP contribution is 2.36. The quantitative estimate of drug-likeness (QED) is 0.909. The number of hydrogen-bond acceptors (Lipinski definition) is 3. The van der Waals surface area contributed by atoms with Gasteiger partial charge in [-0.2, -0.15) is 0 Å². The van der Waals surface area contributed by atoms with Crippen molar-refractivity contribution in [1.82, 2.24) is 4.98 Å². The van der Waals surface area contributed by atoms with Crippen molar-refractivity contribution in [3.05, 3.63) is 33.9 Å². The molecule has 2 aromatic rings. The number of rotatable bonds is 4. The first-order chi connectivity index (χ1) is 8.99. The van der Waals surface area contributed by atoms with Gasteiger partial charge in [-0.1, -0.05) is 37.0 Å². The highest BCUT2D eigenvalue weighted by Gasteiger charge is 2.11. The summed E-state index contributed by atoms with van der Waals surface area (Å²) in [5.74, 6) is 0.421. The lowest BCUT2D eigenvalue weighted by atomic mass is 10.2. The number of aromatic nitrogens is 1. The fraction of sp³-hybridized carbons (Fsp3) is 0.357. The van der Waals surface area contributed by atoms with E-state index in [0.717, 1.165) is 5.69 Å². The molecule has 19 heavy (non-hydrogen) atoms. The van der Waals surface area contributed by atoms with E-state index in [1.807, 2.05) is 12.1 Å². The molecule has 1 aromatic carbocycles. The maximum atomic E-state index is 9.93. The number of pyridine rings is 1. The number of fused-ring (bicyclic) bond motifs is 1. The average Bonchev–Trinajstić information content (AvgIpc) is 2.35. The average molecular weight is 300 g/mol. The molecule has 0 unspecified atom stereocenters. The van der Waals surface area contributed by atoms with E-state index < -0.39 is 0 Å². The second kappa shape index (κ2) is 5.95. The van der Waals surface area contributed by atoms with E-state index in [-0.39, 0.29) is 10.8 Å². The first-order valence-corrected chi connectivity index (χ1v) is 6.79. The van der Waals surface area contributed by atoms with E-state index in [0.29, 0.717) is 35.1 Å². The molecule has 1 N–H and O–H groups in total. The summed E-state index contributed by atoms with van der Waals surface area (Å²) in [7, 11) is 0. The molecule has 0 bridgehead atoms. The highest BCUT2D eigenvalue weighted by molar-refractivity contribution is 6.39. The Labute approximate surface area is 122 Å². The lowest BCUT2D eigenvalue weighted by Crippen LogP contribution is -2.03. The van der Waals surface area contributed by atoms with Crippen LogP contribution in [0.15, 0.2) is 18.2 Å². The van der Waals surface area contributed by atoms with Gasteiger partial charge in [0, 0.05) is 12.0 Å². The number of phenolic OH excluding ortho intramolecular Hbond substituents is 1. The second-order valence-corrected chi connectivity index (χ2v) is 5.61. The summed E-state index contributed by atoms with van der Waals surface area (Å²) >= 11 is 12.0. The minimum Gasteiger partial charge on any atom is -0.504 e. The molecule has 0 atom stereocenters. The molecule has 102 valence electrons. The molecular weight excluding hydrogens is 285 g/mol. The van der Waals surface area contributed by atoms with Gasteiger partial charge in [0.05, 0.1) is 22.3 Å². The van der Waals surface area contributed by atoms with Crippen LogP contribution in [0.5, 0.6) is 5.75 Å². The molecule has 3 nitrogen and oxygen atoms in total. The van der Waals surface area contributed by atoms with Gasteiger partial charge in [-0.05, 0) is 24.1 Å². The number of hydrogen-bond donors (Lipinski definition) is 1. The summed E-state index contributed by atoms with van der Waals surface area (Å²) in [6.07, 6.45) is 0. The van der Waals surface area contributed by atoms with E-state index in [1.54, 1.807) is 0 Å². The summed E-state index contributed by atoms with van der Waals surface area (Å²) in [5.41, 5.74) is 1.14. The Morgan fingerprint density at radius 3 is 2.68 bits per heavy atom. The fourth-order valence-electron chi connectivity index (χ4n) is 1.72. The number of aromatic hydroxyl groups is 1. The lowest BCUT2D eigenvalue weighted by molar-refractivity contribution is 0.0950. The molecule has 0 spiro atoms. The van der Waals surface area contributed by atoms with E-state index in [1.165, 1.54) is 6.07 Å². The maximum Gasteiger partial charge on any atom is 0.160 e. The third-order valence-electron chi connectivity index (χ3n) is 2.62. The van der Waals surface area contributed by atoms with Gasteiger partial charge in [0.1, 0.15) is 5.52 Å². The number of phenols is 1. The van der Waals surface area contributed by atoms with Gasteiger partial charge in [0.2, 0.25) is 0 Å². The van der Waals surface area contributed by atoms with Crippen molar-refractivity contribution in [2.24, 2.45) is 5.92 Å². The molecule has 0 fully saturated rings. The van der Waals surface area contributed by atoms with E-state index in [9.17, 15) is 5.11 Å². The molecular formula is C14H15Cl2NO2. The zero-order chi connectivity index (χ0) is 14.0. The molecule has 0 aliphatic rings. The lowest BCUT2D eigenvalue weighted by Gasteiger charge is -2.09. The molecule has 5 heteroatoms. The van der Waals surface area contributed by atoms with E-state index >= 15 is 0 Å². The Hall–Kier alpha value is -1.03. The first-order valence-electron chi connectivity index (χ1n) is 6.03. The Bertz CT molecular complexity index is 600. The third-order valence-corrected chi connectivity index (χ3v) is 3.22. The van der Waals surface area contributed by atoms with Crippen LogP contribution in [0.2, 0.25) is 10.0 Å². The Morgan fingerprint density at radius 1 is 1.26 bits per heavy atom.